The van der Waals surface area contributed by atoms with E-state index in [2.05, 4.69) is 0 Å². The largest absolute Gasteiger partial charge is 0.483 e. The molecule has 11 heavy (non-hydrogen) atoms. The first-order chi connectivity index (χ1) is 5.26. The zero-order valence-corrected chi connectivity index (χ0v) is 8.53. The van der Waals surface area contributed by atoms with Crippen molar-refractivity contribution in [2.24, 2.45) is 11.5 Å². The minimum Gasteiger partial charge on any atom is -0.379 e. The van der Waals surface area contributed by atoms with Crippen LogP contribution in [-0.2, 0) is 13.3 Å². The molecule has 70 valence electrons. The van der Waals surface area contributed by atoms with Crippen LogP contribution in [0.15, 0.2) is 0 Å². The van der Waals surface area contributed by atoms with Crippen molar-refractivity contribution < 1.29 is 13.3 Å². The normalized spacial score (nSPS) is 9.27. The van der Waals surface area contributed by atoms with Gasteiger partial charge in [-0.2, -0.15) is 0 Å². The summed E-state index contributed by atoms with van der Waals surface area (Å²) in [5, 5.41) is 0. The second kappa shape index (κ2) is 12.7. The van der Waals surface area contributed by atoms with E-state index in [9.17, 15) is 0 Å². The van der Waals surface area contributed by atoms with Crippen LogP contribution in [0.4, 0.5) is 0 Å². The Labute approximate surface area is 69.6 Å². The van der Waals surface area contributed by atoms with Crippen LogP contribution < -0.4 is 11.5 Å². The van der Waals surface area contributed by atoms with Crippen molar-refractivity contribution in [3.05, 3.63) is 0 Å². The van der Waals surface area contributed by atoms with Crippen LogP contribution >= 0.6 is 0 Å². The lowest BCUT2D eigenvalue weighted by Crippen LogP contribution is -2.21. The second-order valence-electron chi connectivity index (χ2n) is 1.57. The monoisotopic (exact) mass is 182 g/mol. The highest BCUT2D eigenvalue weighted by atomic mass is 28.3. The van der Waals surface area contributed by atoms with Gasteiger partial charge in [0, 0.05) is 34.4 Å². The van der Waals surface area contributed by atoms with Crippen molar-refractivity contribution >= 4 is 9.53 Å². The van der Waals surface area contributed by atoms with E-state index in [4.69, 9.17) is 24.7 Å². The first kappa shape index (κ1) is 13.6. The van der Waals surface area contributed by atoms with Gasteiger partial charge < -0.3 is 24.7 Å². The van der Waals surface area contributed by atoms with Gasteiger partial charge in [-0.3, -0.25) is 0 Å². The van der Waals surface area contributed by atoms with Crippen LogP contribution in [0.2, 0.25) is 0 Å². The number of rotatable bonds is 4. The summed E-state index contributed by atoms with van der Waals surface area (Å²) in [6.45, 7) is 1.19. The third-order valence-corrected chi connectivity index (χ3v) is 1.90. The van der Waals surface area contributed by atoms with Crippen LogP contribution in [0.1, 0.15) is 0 Å². The lowest BCUT2D eigenvalue weighted by atomic mass is 10.7. The molecule has 0 unspecified atom stereocenters. The maximum Gasteiger partial charge on any atom is 0.483 e. The van der Waals surface area contributed by atoms with Gasteiger partial charge in [0.1, 0.15) is 0 Å². The van der Waals surface area contributed by atoms with Crippen molar-refractivity contribution in [1.29, 1.82) is 0 Å². The van der Waals surface area contributed by atoms with Gasteiger partial charge in [0.05, 0.1) is 0 Å². The first-order valence-electron chi connectivity index (χ1n) is 3.25. The molecule has 0 aliphatic carbocycles. The van der Waals surface area contributed by atoms with E-state index in [1.165, 1.54) is 0 Å². The van der Waals surface area contributed by atoms with Crippen LogP contribution in [-0.4, -0.2) is 43.9 Å². The van der Waals surface area contributed by atoms with Crippen LogP contribution in [0, 0.1) is 0 Å². The van der Waals surface area contributed by atoms with Crippen molar-refractivity contribution in [3.63, 3.8) is 0 Å². The van der Waals surface area contributed by atoms with Gasteiger partial charge >= 0.3 is 9.53 Å². The van der Waals surface area contributed by atoms with Crippen molar-refractivity contribution in [1.82, 2.24) is 0 Å². The molecule has 0 saturated carbocycles. The summed E-state index contributed by atoms with van der Waals surface area (Å²) in [4.78, 5) is 0. The molecule has 0 atom stereocenters. The summed E-state index contributed by atoms with van der Waals surface area (Å²) < 4.78 is 14.2. The molecule has 0 aromatic heterocycles. The van der Waals surface area contributed by atoms with Gasteiger partial charge in [-0.15, -0.1) is 0 Å². The third-order valence-electron chi connectivity index (χ3n) is 0.744. The quantitative estimate of drug-likeness (QED) is 0.520. The van der Waals surface area contributed by atoms with E-state index in [-0.39, 0.29) is 0 Å². The van der Waals surface area contributed by atoms with Crippen LogP contribution in [0.25, 0.3) is 0 Å². The van der Waals surface area contributed by atoms with E-state index < -0.39 is 9.53 Å². The molecule has 0 heterocycles. The minimum atomic E-state index is -1.67. The Bertz CT molecular complexity index is 56.2. The third kappa shape index (κ3) is 13.1. The van der Waals surface area contributed by atoms with Gasteiger partial charge in [0.25, 0.3) is 0 Å². The average molecular weight is 182 g/mol. The molecule has 4 N–H and O–H groups in total. The standard InChI is InChI=1S/C3H10O3Si.C2H8N2/c1-4-7(5-2)6-3;3-1-2-4/h7H,1-3H3;1-4H2. The summed E-state index contributed by atoms with van der Waals surface area (Å²) in [7, 11) is 3.05. The van der Waals surface area contributed by atoms with E-state index >= 15 is 0 Å². The molecular formula is C5H18N2O3Si. The van der Waals surface area contributed by atoms with Gasteiger partial charge in [0.15, 0.2) is 0 Å². The summed E-state index contributed by atoms with van der Waals surface area (Å²) >= 11 is 0. The van der Waals surface area contributed by atoms with Crippen LogP contribution in [0.5, 0.6) is 0 Å². The maximum atomic E-state index is 4.90. The van der Waals surface area contributed by atoms with Crippen molar-refractivity contribution in [3.8, 4) is 0 Å². The molecule has 0 aromatic rings. The Balaban J connectivity index is 0. The Morgan fingerprint density at radius 1 is 0.909 bits per heavy atom. The minimum absolute atomic E-state index is 0.597. The molecule has 0 fully saturated rings. The Hall–Kier alpha value is 0.0169. The predicted molar refractivity (Wildman–Crippen MR) is 46.3 cm³/mol. The highest BCUT2D eigenvalue weighted by Gasteiger charge is 2.04. The molecule has 0 aliphatic rings. The molecule has 5 nitrogen and oxygen atoms in total. The fourth-order valence-corrected chi connectivity index (χ4v) is 0.866. The average Bonchev–Trinajstić information content (AvgIpc) is 2.08. The lowest BCUT2D eigenvalue weighted by Gasteiger charge is -2.05. The van der Waals surface area contributed by atoms with Gasteiger partial charge in [-0.1, -0.05) is 0 Å². The number of hydrogen-bond donors (Lipinski definition) is 2. The predicted octanol–water partition coefficient (Wildman–Crippen LogP) is -1.45. The summed E-state index contributed by atoms with van der Waals surface area (Å²) in [5.41, 5.74) is 9.81. The summed E-state index contributed by atoms with van der Waals surface area (Å²) in [6.07, 6.45) is 0. The van der Waals surface area contributed by atoms with E-state index in [0.717, 1.165) is 0 Å². The Kier molecular flexibility index (Phi) is 15.7. The molecule has 0 aliphatic heterocycles. The molecule has 0 saturated heterocycles. The molecule has 0 bridgehead atoms. The Morgan fingerprint density at radius 2 is 1.18 bits per heavy atom. The lowest BCUT2D eigenvalue weighted by molar-refractivity contribution is 0.163. The molecule has 0 spiro atoms. The van der Waals surface area contributed by atoms with Gasteiger partial charge in [0.2, 0.25) is 0 Å². The highest BCUT2D eigenvalue weighted by molar-refractivity contribution is 6.36. The van der Waals surface area contributed by atoms with Gasteiger partial charge in [-0.25, -0.2) is 0 Å². The van der Waals surface area contributed by atoms with E-state index in [1.807, 2.05) is 0 Å². The zero-order valence-electron chi connectivity index (χ0n) is 7.37. The van der Waals surface area contributed by atoms with Crippen LogP contribution in [0.3, 0.4) is 0 Å². The van der Waals surface area contributed by atoms with E-state index in [0.29, 0.717) is 13.1 Å². The highest BCUT2D eigenvalue weighted by Crippen LogP contribution is 1.81. The summed E-state index contributed by atoms with van der Waals surface area (Å²) in [5.74, 6) is 0. The molecule has 0 rings (SSSR count). The zero-order chi connectivity index (χ0) is 9.11. The molecule has 0 aromatic carbocycles. The van der Waals surface area contributed by atoms with E-state index in [1.54, 1.807) is 21.3 Å². The fourth-order valence-electron chi connectivity index (χ4n) is 0.289. The SMILES string of the molecule is CO[SiH](OC)OC.NCCN. The molecule has 0 radical (unpaired) electrons. The van der Waals surface area contributed by atoms with Gasteiger partial charge in [-0.05, 0) is 0 Å². The molecule has 6 heteroatoms. The molecule has 0 amide bonds. The molecular weight excluding hydrogens is 164 g/mol. The number of hydrogen-bond acceptors (Lipinski definition) is 5. The number of nitrogens with two attached hydrogens (primary N) is 2. The second-order valence-corrected chi connectivity index (χ2v) is 3.56. The van der Waals surface area contributed by atoms with Crippen molar-refractivity contribution in [2.75, 3.05) is 34.4 Å². The first-order valence-corrected chi connectivity index (χ1v) is 4.66. The van der Waals surface area contributed by atoms with Crippen molar-refractivity contribution in [2.45, 2.75) is 0 Å². The topological polar surface area (TPSA) is 79.7 Å². The summed E-state index contributed by atoms with van der Waals surface area (Å²) in [6, 6.07) is 0. The Morgan fingerprint density at radius 3 is 1.18 bits per heavy atom. The smallest absolute Gasteiger partial charge is 0.379 e. The maximum absolute atomic E-state index is 4.90. The fraction of sp³-hybridized carbons (Fsp3) is 1.00.